The fraction of sp³-hybridized carbons (Fsp3) is 0.562. The fourth-order valence-corrected chi connectivity index (χ4v) is 2.95. The van der Waals surface area contributed by atoms with E-state index in [9.17, 15) is 4.79 Å². The molecule has 0 saturated carbocycles. The van der Waals surface area contributed by atoms with E-state index < -0.39 is 0 Å². The third-order valence-electron chi connectivity index (χ3n) is 4.02. The van der Waals surface area contributed by atoms with E-state index in [-0.39, 0.29) is 29.6 Å². The molecule has 2 N–H and O–H groups in total. The first kappa shape index (κ1) is 18.5. The Labute approximate surface area is 141 Å². The van der Waals surface area contributed by atoms with Crippen LogP contribution < -0.4 is 10.6 Å². The molecule has 1 amide bonds. The van der Waals surface area contributed by atoms with Crippen molar-refractivity contribution in [3.05, 3.63) is 34.3 Å². The number of rotatable bonds is 4. The van der Waals surface area contributed by atoms with Crippen molar-refractivity contribution in [3.8, 4) is 0 Å². The van der Waals surface area contributed by atoms with Crippen LogP contribution in [-0.2, 0) is 10.2 Å². The highest BCUT2D eigenvalue weighted by molar-refractivity contribution is 9.10. The van der Waals surface area contributed by atoms with Crippen LogP contribution in [0, 0.1) is 5.92 Å². The van der Waals surface area contributed by atoms with Gasteiger partial charge in [0.05, 0.1) is 0 Å². The van der Waals surface area contributed by atoms with Crippen molar-refractivity contribution in [3.63, 3.8) is 0 Å². The van der Waals surface area contributed by atoms with Gasteiger partial charge in [0.25, 0.3) is 0 Å². The number of hydrogen-bond donors (Lipinski definition) is 2. The average Bonchev–Trinajstić information content (AvgIpc) is 2.46. The molecular formula is C16H24BrClN2O. The molecule has 0 atom stereocenters. The standard InChI is InChI=1S/C16H23BrN2O.ClH/c1-16(2,13-4-3-5-14(17)10-13)11-19-15(20)12-6-8-18-9-7-12;/h3-5,10,12,18H,6-9,11H2,1-2H3,(H,19,20);1H. The molecular weight excluding hydrogens is 352 g/mol. The summed E-state index contributed by atoms with van der Waals surface area (Å²) in [4.78, 5) is 12.2. The van der Waals surface area contributed by atoms with Crippen molar-refractivity contribution < 1.29 is 4.79 Å². The quantitative estimate of drug-likeness (QED) is 0.848. The molecule has 3 nitrogen and oxygen atoms in total. The van der Waals surface area contributed by atoms with Crippen molar-refractivity contribution >= 4 is 34.2 Å². The van der Waals surface area contributed by atoms with Crippen LogP contribution in [0.15, 0.2) is 28.7 Å². The first-order valence-corrected chi connectivity index (χ1v) is 8.03. The Morgan fingerprint density at radius 3 is 2.67 bits per heavy atom. The number of benzene rings is 1. The molecule has 1 aromatic rings. The summed E-state index contributed by atoms with van der Waals surface area (Å²) < 4.78 is 1.08. The number of carbonyl (C=O) groups excluding carboxylic acids is 1. The average molecular weight is 376 g/mol. The van der Waals surface area contributed by atoms with Gasteiger partial charge in [-0.2, -0.15) is 0 Å². The van der Waals surface area contributed by atoms with Crippen molar-refractivity contribution in [2.75, 3.05) is 19.6 Å². The van der Waals surface area contributed by atoms with Crippen LogP contribution in [0.5, 0.6) is 0 Å². The van der Waals surface area contributed by atoms with Crippen molar-refractivity contribution in [1.29, 1.82) is 0 Å². The third-order valence-corrected chi connectivity index (χ3v) is 4.51. The molecule has 118 valence electrons. The van der Waals surface area contributed by atoms with Gasteiger partial charge >= 0.3 is 0 Å². The van der Waals surface area contributed by atoms with Crippen molar-refractivity contribution in [2.45, 2.75) is 32.1 Å². The minimum atomic E-state index is -0.0631. The van der Waals surface area contributed by atoms with Gasteiger partial charge in [-0.05, 0) is 43.6 Å². The first-order valence-electron chi connectivity index (χ1n) is 7.23. The second-order valence-corrected chi connectivity index (χ2v) is 7.05. The first-order chi connectivity index (χ1) is 9.49. The minimum absolute atomic E-state index is 0. The largest absolute Gasteiger partial charge is 0.355 e. The van der Waals surface area contributed by atoms with E-state index >= 15 is 0 Å². The molecule has 1 heterocycles. The number of carbonyl (C=O) groups is 1. The van der Waals surface area contributed by atoms with Gasteiger partial charge in [-0.15, -0.1) is 12.4 Å². The molecule has 2 rings (SSSR count). The van der Waals surface area contributed by atoms with Crippen molar-refractivity contribution in [2.24, 2.45) is 5.92 Å². The Balaban J connectivity index is 0.00000220. The highest BCUT2D eigenvalue weighted by Gasteiger charge is 2.25. The Kier molecular flexibility index (Phi) is 7.17. The minimum Gasteiger partial charge on any atom is -0.355 e. The molecule has 5 heteroatoms. The number of piperidine rings is 1. The zero-order valence-corrected chi connectivity index (χ0v) is 15.0. The summed E-state index contributed by atoms with van der Waals surface area (Å²) in [6, 6.07) is 8.29. The Morgan fingerprint density at radius 1 is 1.38 bits per heavy atom. The summed E-state index contributed by atoms with van der Waals surface area (Å²) in [5, 5.41) is 6.42. The highest BCUT2D eigenvalue weighted by Crippen LogP contribution is 2.25. The van der Waals surface area contributed by atoms with Gasteiger partial charge in [0, 0.05) is 22.4 Å². The molecule has 0 bridgehead atoms. The van der Waals surface area contributed by atoms with Gasteiger partial charge in [-0.25, -0.2) is 0 Å². The summed E-state index contributed by atoms with van der Waals surface area (Å²) in [7, 11) is 0. The maximum absolute atomic E-state index is 12.2. The zero-order chi connectivity index (χ0) is 14.6. The van der Waals surface area contributed by atoms with Crippen LogP contribution in [0.25, 0.3) is 0 Å². The second-order valence-electron chi connectivity index (χ2n) is 6.14. The summed E-state index contributed by atoms with van der Waals surface area (Å²) in [5.41, 5.74) is 1.17. The number of halogens is 2. The van der Waals surface area contributed by atoms with E-state index in [2.05, 4.69) is 52.5 Å². The summed E-state index contributed by atoms with van der Waals surface area (Å²) >= 11 is 3.50. The maximum Gasteiger partial charge on any atom is 0.223 e. The van der Waals surface area contributed by atoms with Gasteiger partial charge in [-0.3, -0.25) is 4.79 Å². The lowest BCUT2D eigenvalue weighted by Crippen LogP contribution is -2.42. The van der Waals surface area contributed by atoms with Gasteiger partial charge in [0.15, 0.2) is 0 Å². The predicted octanol–water partition coefficient (Wildman–Crippen LogP) is 3.26. The lowest BCUT2D eigenvalue weighted by atomic mass is 9.84. The number of nitrogens with one attached hydrogen (secondary N) is 2. The van der Waals surface area contributed by atoms with Gasteiger partial charge in [-0.1, -0.05) is 41.9 Å². The summed E-state index contributed by atoms with van der Waals surface area (Å²) in [6.45, 7) is 6.90. The Bertz CT molecular complexity index is 473. The van der Waals surface area contributed by atoms with Gasteiger partial charge in [0.1, 0.15) is 0 Å². The second kappa shape index (κ2) is 8.16. The smallest absolute Gasteiger partial charge is 0.223 e. The molecule has 0 unspecified atom stereocenters. The predicted molar refractivity (Wildman–Crippen MR) is 93.0 cm³/mol. The van der Waals surface area contributed by atoms with E-state index in [1.54, 1.807) is 0 Å². The monoisotopic (exact) mass is 374 g/mol. The highest BCUT2D eigenvalue weighted by atomic mass is 79.9. The van der Waals surface area contributed by atoms with Crippen LogP contribution in [0.3, 0.4) is 0 Å². The molecule has 0 aromatic heterocycles. The molecule has 1 fully saturated rings. The van der Waals surface area contributed by atoms with E-state index in [4.69, 9.17) is 0 Å². The van der Waals surface area contributed by atoms with Crippen LogP contribution in [0.1, 0.15) is 32.3 Å². The van der Waals surface area contributed by atoms with E-state index in [1.807, 2.05) is 12.1 Å². The Hall–Kier alpha value is -0.580. The Morgan fingerprint density at radius 2 is 2.05 bits per heavy atom. The van der Waals surface area contributed by atoms with Gasteiger partial charge in [0.2, 0.25) is 5.91 Å². The molecule has 0 aliphatic carbocycles. The van der Waals surface area contributed by atoms with Crippen LogP contribution in [0.2, 0.25) is 0 Å². The van der Waals surface area contributed by atoms with Crippen molar-refractivity contribution in [1.82, 2.24) is 10.6 Å². The van der Waals surface area contributed by atoms with Gasteiger partial charge < -0.3 is 10.6 Å². The maximum atomic E-state index is 12.2. The third kappa shape index (κ3) is 5.28. The molecule has 0 spiro atoms. The molecule has 1 aliphatic heterocycles. The van der Waals surface area contributed by atoms with Crippen LogP contribution >= 0.6 is 28.3 Å². The SMILES string of the molecule is CC(C)(CNC(=O)C1CCNCC1)c1cccc(Br)c1.Cl. The molecule has 1 aromatic carbocycles. The van der Waals surface area contributed by atoms with E-state index in [1.165, 1.54) is 5.56 Å². The lowest BCUT2D eigenvalue weighted by molar-refractivity contribution is -0.125. The molecule has 1 saturated heterocycles. The number of amides is 1. The fourth-order valence-electron chi connectivity index (χ4n) is 2.55. The van der Waals surface area contributed by atoms with Crippen LogP contribution in [0.4, 0.5) is 0 Å². The van der Waals surface area contributed by atoms with E-state index in [0.29, 0.717) is 6.54 Å². The summed E-state index contributed by atoms with van der Waals surface area (Å²) in [6.07, 6.45) is 1.90. The summed E-state index contributed by atoms with van der Waals surface area (Å²) in [5.74, 6) is 0.379. The lowest BCUT2D eigenvalue weighted by Gasteiger charge is -2.28. The van der Waals surface area contributed by atoms with E-state index in [0.717, 1.165) is 30.4 Å². The molecule has 1 aliphatic rings. The number of hydrogen-bond acceptors (Lipinski definition) is 2. The zero-order valence-electron chi connectivity index (χ0n) is 12.6. The normalized spacial score (nSPS) is 16.1. The van der Waals surface area contributed by atoms with Crippen LogP contribution in [-0.4, -0.2) is 25.5 Å². The topological polar surface area (TPSA) is 41.1 Å². The molecule has 21 heavy (non-hydrogen) atoms. The molecule has 0 radical (unpaired) electrons.